The molecular formula is C16H20N2O2S. The number of aromatic nitrogens is 2. The molecule has 4 nitrogen and oxygen atoms in total. The fourth-order valence-corrected chi connectivity index (χ4v) is 3.11. The molecule has 0 atom stereocenters. The fraction of sp³-hybridized carbons (Fsp3) is 0.375. The molecule has 0 aliphatic heterocycles. The first-order valence-electron chi connectivity index (χ1n) is 7.12. The Morgan fingerprint density at radius 1 is 1.29 bits per heavy atom. The maximum atomic E-state index is 12.5. The summed E-state index contributed by atoms with van der Waals surface area (Å²) in [5, 5.41) is 10.2. The van der Waals surface area contributed by atoms with Gasteiger partial charge in [0.2, 0.25) is 0 Å². The van der Waals surface area contributed by atoms with Crippen molar-refractivity contribution in [3.8, 4) is 0 Å². The van der Waals surface area contributed by atoms with Crippen LogP contribution in [-0.2, 0) is 6.54 Å². The van der Waals surface area contributed by atoms with Crippen LogP contribution < -0.4 is 5.56 Å². The Morgan fingerprint density at radius 3 is 2.86 bits per heavy atom. The van der Waals surface area contributed by atoms with Gasteiger partial charge in [-0.3, -0.25) is 9.36 Å². The van der Waals surface area contributed by atoms with Gasteiger partial charge in [-0.1, -0.05) is 36.4 Å². The highest BCUT2D eigenvalue weighted by atomic mass is 32.2. The summed E-state index contributed by atoms with van der Waals surface area (Å²) in [6.45, 7) is 4.42. The van der Waals surface area contributed by atoms with Crippen molar-refractivity contribution < 1.29 is 5.11 Å². The van der Waals surface area contributed by atoms with Crippen LogP contribution in [0.2, 0.25) is 0 Å². The molecule has 2 rings (SSSR count). The van der Waals surface area contributed by atoms with Gasteiger partial charge in [0, 0.05) is 18.9 Å². The molecule has 0 bridgehead atoms. The predicted octanol–water partition coefficient (Wildman–Crippen LogP) is 2.84. The molecule has 0 radical (unpaired) electrons. The summed E-state index contributed by atoms with van der Waals surface area (Å²) >= 11 is 1.59. The topological polar surface area (TPSA) is 55.1 Å². The van der Waals surface area contributed by atoms with Crippen LogP contribution in [0, 0.1) is 0 Å². The Labute approximate surface area is 128 Å². The van der Waals surface area contributed by atoms with E-state index in [-0.39, 0.29) is 12.2 Å². The zero-order chi connectivity index (χ0) is 15.1. The van der Waals surface area contributed by atoms with Gasteiger partial charge in [0.05, 0.1) is 10.9 Å². The first-order chi connectivity index (χ1) is 10.3. The number of hydrogen-bond donors (Lipinski definition) is 1. The summed E-state index contributed by atoms with van der Waals surface area (Å²) < 4.78 is 1.67. The lowest BCUT2D eigenvalue weighted by molar-refractivity contribution is 0.284. The molecule has 1 N–H and O–H groups in total. The maximum Gasteiger partial charge on any atom is 0.262 e. The molecule has 21 heavy (non-hydrogen) atoms. The number of nitrogens with zero attached hydrogens (tertiary/aromatic N) is 2. The Balaban J connectivity index is 2.25. The molecule has 112 valence electrons. The van der Waals surface area contributed by atoms with E-state index in [1.54, 1.807) is 28.5 Å². The van der Waals surface area contributed by atoms with Gasteiger partial charge in [0.15, 0.2) is 5.16 Å². The fourth-order valence-electron chi connectivity index (χ4n) is 2.10. The average molecular weight is 304 g/mol. The standard InChI is InChI=1S/C16H20N2O2S/c1-2-10-18-15(20)13-8-4-5-9-14(13)17-16(18)21-12-7-3-6-11-19/h2,4-5,8-9,19H,1,3,6-7,10-12H2. The summed E-state index contributed by atoms with van der Waals surface area (Å²) in [4.78, 5) is 17.1. The summed E-state index contributed by atoms with van der Waals surface area (Å²) in [6.07, 6.45) is 4.53. The zero-order valence-corrected chi connectivity index (χ0v) is 12.8. The number of aliphatic hydroxyl groups excluding tert-OH is 1. The molecule has 2 aromatic rings. The zero-order valence-electron chi connectivity index (χ0n) is 12.0. The molecule has 0 aliphatic carbocycles. The minimum absolute atomic E-state index is 0.0154. The van der Waals surface area contributed by atoms with Gasteiger partial charge in [0.25, 0.3) is 5.56 Å². The highest BCUT2D eigenvalue weighted by molar-refractivity contribution is 7.99. The quantitative estimate of drug-likeness (QED) is 0.353. The Hall–Kier alpha value is -1.59. The van der Waals surface area contributed by atoms with Crippen molar-refractivity contribution in [2.75, 3.05) is 12.4 Å². The van der Waals surface area contributed by atoms with Crippen molar-refractivity contribution >= 4 is 22.7 Å². The number of aliphatic hydroxyl groups is 1. The lowest BCUT2D eigenvalue weighted by Gasteiger charge is -2.11. The van der Waals surface area contributed by atoms with Crippen LogP contribution in [0.3, 0.4) is 0 Å². The highest BCUT2D eigenvalue weighted by Crippen LogP contribution is 2.19. The van der Waals surface area contributed by atoms with E-state index in [0.29, 0.717) is 11.9 Å². The molecule has 0 aliphatic rings. The number of fused-ring (bicyclic) bond motifs is 1. The van der Waals surface area contributed by atoms with Crippen LogP contribution in [0.15, 0.2) is 46.9 Å². The minimum Gasteiger partial charge on any atom is -0.396 e. The summed E-state index contributed by atoms with van der Waals surface area (Å²) in [7, 11) is 0. The van der Waals surface area contributed by atoms with E-state index in [4.69, 9.17) is 5.11 Å². The highest BCUT2D eigenvalue weighted by Gasteiger charge is 2.10. The van der Waals surface area contributed by atoms with Gasteiger partial charge in [0.1, 0.15) is 0 Å². The van der Waals surface area contributed by atoms with Crippen molar-refractivity contribution in [2.24, 2.45) is 0 Å². The SMILES string of the molecule is C=CCn1c(SCCCCCO)nc2ccccc2c1=O. The molecule has 5 heteroatoms. The second kappa shape index (κ2) is 8.00. The van der Waals surface area contributed by atoms with Crippen LogP contribution in [0.5, 0.6) is 0 Å². The van der Waals surface area contributed by atoms with Gasteiger partial charge >= 0.3 is 0 Å². The van der Waals surface area contributed by atoms with Crippen LogP contribution in [0.25, 0.3) is 10.9 Å². The Bertz CT molecular complexity index is 667. The average Bonchev–Trinajstić information content (AvgIpc) is 2.51. The first kappa shape index (κ1) is 15.8. The van der Waals surface area contributed by atoms with E-state index >= 15 is 0 Å². The lowest BCUT2D eigenvalue weighted by Crippen LogP contribution is -2.22. The predicted molar refractivity (Wildman–Crippen MR) is 87.9 cm³/mol. The van der Waals surface area contributed by atoms with E-state index in [1.165, 1.54) is 0 Å². The third kappa shape index (κ3) is 3.95. The Kier molecular flexibility index (Phi) is 6.02. The Morgan fingerprint density at radius 2 is 2.10 bits per heavy atom. The van der Waals surface area contributed by atoms with Crippen molar-refractivity contribution in [2.45, 2.75) is 31.0 Å². The van der Waals surface area contributed by atoms with E-state index in [2.05, 4.69) is 11.6 Å². The third-order valence-corrected chi connectivity index (χ3v) is 4.23. The van der Waals surface area contributed by atoms with Crippen molar-refractivity contribution in [3.05, 3.63) is 47.3 Å². The summed E-state index contributed by atoms with van der Waals surface area (Å²) in [5.74, 6) is 0.891. The van der Waals surface area contributed by atoms with Crippen molar-refractivity contribution in [1.29, 1.82) is 0 Å². The summed E-state index contributed by atoms with van der Waals surface area (Å²) in [6, 6.07) is 7.42. The minimum atomic E-state index is -0.0154. The van der Waals surface area contributed by atoms with E-state index in [9.17, 15) is 4.79 Å². The smallest absolute Gasteiger partial charge is 0.262 e. The third-order valence-electron chi connectivity index (χ3n) is 3.17. The molecular weight excluding hydrogens is 284 g/mol. The molecule has 0 saturated carbocycles. The van der Waals surface area contributed by atoms with Crippen LogP contribution in [0.1, 0.15) is 19.3 Å². The second-order valence-corrected chi connectivity index (χ2v) is 5.81. The molecule has 1 aromatic carbocycles. The number of hydrogen-bond acceptors (Lipinski definition) is 4. The van der Waals surface area contributed by atoms with E-state index in [0.717, 1.165) is 35.7 Å². The molecule has 0 saturated heterocycles. The van der Waals surface area contributed by atoms with Gasteiger partial charge in [-0.2, -0.15) is 0 Å². The van der Waals surface area contributed by atoms with Gasteiger partial charge < -0.3 is 5.11 Å². The molecule has 0 fully saturated rings. The second-order valence-electron chi connectivity index (χ2n) is 4.75. The molecule has 0 unspecified atom stereocenters. The van der Waals surface area contributed by atoms with Crippen molar-refractivity contribution in [3.63, 3.8) is 0 Å². The van der Waals surface area contributed by atoms with Gasteiger partial charge in [-0.15, -0.1) is 6.58 Å². The largest absolute Gasteiger partial charge is 0.396 e. The summed E-state index contributed by atoms with van der Waals surface area (Å²) in [5.41, 5.74) is 0.721. The number of unbranched alkanes of at least 4 members (excludes halogenated alkanes) is 2. The van der Waals surface area contributed by atoms with Crippen molar-refractivity contribution in [1.82, 2.24) is 9.55 Å². The number of benzene rings is 1. The van der Waals surface area contributed by atoms with E-state index in [1.807, 2.05) is 18.2 Å². The number of rotatable bonds is 8. The monoisotopic (exact) mass is 304 g/mol. The molecule has 0 amide bonds. The van der Waals surface area contributed by atoms with Crippen LogP contribution in [-0.4, -0.2) is 27.0 Å². The van der Waals surface area contributed by atoms with E-state index < -0.39 is 0 Å². The molecule has 0 spiro atoms. The van der Waals surface area contributed by atoms with Gasteiger partial charge in [-0.05, 0) is 25.0 Å². The molecule has 1 heterocycles. The van der Waals surface area contributed by atoms with Gasteiger partial charge in [-0.25, -0.2) is 4.98 Å². The normalized spacial score (nSPS) is 10.9. The van der Waals surface area contributed by atoms with Crippen LogP contribution >= 0.6 is 11.8 Å². The number of para-hydroxylation sites is 1. The molecule has 1 aromatic heterocycles. The first-order valence-corrected chi connectivity index (χ1v) is 8.10. The van der Waals surface area contributed by atoms with Crippen LogP contribution in [0.4, 0.5) is 0 Å². The lowest BCUT2D eigenvalue weighted by atomic mass is 10.2. The number of thioether (sulfide) groups is 1. The number of allylic oxidation sites excluding steroid dienone is 1. The maximum absolute atomic E-state index is 12.5.